The van der Waals surface area contributed by atoms with Gasteiger partial charge in [-0.05, 0) is 19.1 Å². The Hall–Kier alpha value is -1.62. The highest BCUT2D eigenvalue weighted by Crippen LogP contribution is 2.26. The Morgan fingerprint density at radius 1 is 1.40 bits per heavy atom. The second-order valence-corrected chi connectivity index (χ2v) is 3.82. The Morgan fingerprint density at radius 3 is 2.87 bits per heavy atom. The molecule has 0 amide bonds. The van der Waals surface area contributed by atoms with Gasteiger partial charge < -0.3 is 16.2 Å². The molecule has 0 saturated carbocycles. The zero-order valence-electron chi connectivity index (χ0n) is 8.60. The number of anilines is 1. The maximum Gasteiger partial charge on any atom is 0.125 e. The molecule has 1 unspecified atom stereocenters. The van der Waals surface area contributed by atoms with Gasteiger partial charge in [-0.3, -0.25) is 4.99 Å². The molecule has 80 valence electrons. The first-order valence-corrected chi connectivity index (χ1v) is 4.75. The Labute approximate surface area is 88.2 Å². The number of hydrogen-bond acceptors (Lipinski definition) is 5. The standard InChI is InChI=1S/C10H14N4O/c1-10(6-15-5-9(12)14-10)7-3-2-4-8(11)13-7/h2-4H,5-6H2,1H3,(H2,11,13)(H2,12,14). The molecule has 5 heteroatoms. The van der Waals surface area contributed by atoms with Crippen LogP contribution in [0.2, 0.25) is 0 Å². The quantitative estimate of drug-likeness (QED) is 0.690. The van der Waals surface area contributed by atoms with Crippen LogP contribution in [0.4, 0.5) is 5.82 Å². The first-order valence-electron chi connectivity index (χ1n) is 4.75. The van der Waals surface area contributed by atoms with E-state index in [1.54, 1.807) is 6.07 Å². The van der Waals surface area contributed by atoms with E-state index in [2.05, 4.69) is 9.98 Å². The highest BCUT2D eigenvalue weighted by molar-refractivity contribution is 5.82. The van der Waals surface area contributed by atoms with Crippen LogP contribution >= 0.6 is 0 Å². The van der Waals surface area contributed by atoms with E-state index in [-0.39, 0.29) is 0 Å². The van der Waals surface area contributed by atoms with Gasteiger partial charge in [0.25, 0.3) is 0 Å². The lowest BCUT2D eigenvalue weighted by molar-refractivity contribution is 0.104. The summed E-state index contributed by atoms with van der Waals surface area (Å²) in [4.78, 5) is 8.62. The van der Waals surface area contributed by atoms with Crippen LogP contribution < -0.4 is 11.5 Å². The molecular formula is C10H14N4O. The molecule has 0 bridgehead atoms. The van der Waals surface area contributed by atoms with E-state index in [9.17, 15) is 0 Å². The first-order chi connectivity index (χ1) is 7.10. The molecule has 2 rings (SSSR count). The monoisotopic (exact) mass is 206 g/mol. The van der Waals surface area contributed by atoms with Crippen molar-refractivity contribution in [2.45, 2.75) is 12.5 Å². The summed E-state index contributed by atoms with van der Waals surface area (Å²) in [7, 11) is 0. The number of nitrogens with zero attached hydrogens (tertiary/aromatic N) is 2. The number of nitrogens with two attached hydrogens (primary N) is 2. The van der Waals surface area contributed by atoms with Crippen molar-refractivity contribution in [2.75, 3.05) is 18.9 Å². The highest BCUT2D eigenvalue weighted by Gasteiger charge is 2.31. The van der Waals surface area contributed by atoms with Crippen molar-refractivity contribution in [3.8, 4) is 0 Å². The summed E-state index contributed by atoms with van der Waals surface area (Å²) in [6.07, 6.45) is 0. The zero-order valence-corrected chi connectivity index (χ0v) is 8.60. The fourth-order valence-electron chi connectivity index (χ4n) is 1.62. The topological polar surface area (TPSA) is 86.5 Å². The van der Waals surface area contributed by atoms with Gasteiger partial charge in [0.05, 0.1) is 12.3 Å². The predicted octanol–water partition coefficient (Wildman–Crippen LogP) is 0.266. The lowest BCUT2D eigenvalue weighted by Crippen LogP contribution is -2.38. The fraction of sp³-hybridized carbons (Fsp3) is 0.400. The van der Waals surface area contributed by atoms with Gasteiger partial charge in [0.2, 0.25) is 0 Å². The van der Waals surface area contributed by atoms with Crippen molar-refractivity contribution in [3.63, 3.8) is 0 Å². The van der Waals surface area contributed by atoms with E-state index in [1.165, 1.54) is 0 Å². The molecule has 1 aromatic rings. The van der Waals surface area contributed by atoms with Gasteiger partial charge in [0.15, 0.2) is 0 Å². The van der Waals surface area contributed by atoms with Gasteiger partial charge in [0.1, 0.15) is 23.8 Å². The van der Waals surface area contributed by atoms with Crippen LogP contribution in [0.15, 0.2) is 23.2 Å². The van der Waals surface area contributed by atoms with E-state index in [4.69, 9.17) is 16.2 Å². The van der Waals surface area contributed by atoms with E-state index in [0.29, 0.717) is 24.9 Å². The summed E-state index contributed by atoms with van der Waals surface area (Å²) >= 11 is 0. The summed E-state index contributed by atoms with van der Waals surface area (Å²) in [5.41, 5.74) is 11.5. The van der Waals surface area contributed by atoms with Crippen LogP contribution in [-0.4, -0.2) is 24.0 Å². The number of pyridine rings is 1. The third-order valence-electron chi connectivity index (χ3n) is 2.35. The molecule has 0 fully saturated rings. The second kappa shape index (κ2) is 3.51. The molecule has 5 nitrogen and oxygen atoms in total. The normalized spacial score (nSPS) is 26.1. The van der Waals surface area contributed by atoms with Crippen molar-refractivity contribution >= 4 is 11.7 Å². The third-order valence-corrected chi connectivity index (χ3v) is 2.35. The van der Waals surface area contributed by atoms with E-state index < -0.39 is 5.54 Å². The lowest BCUT2D eigenvalue weighted by atomic mass is 9.98. The van der Waals surface area contributed by atoms with Gasteiger partial charge in [0, 0.05) is 0 Å². The Morgan fingerprint density at radius 2 is 2.20 bits per heavy atom. The summed E-state index contributed by atoms with van der Waals surface area (Å²) in [6.45, 7) is 2.79. The van der Waals surface area contributed by atoms with Crippen molar-refractivity contribution in [3.05, 3.63) is 23.9 Å². The Bertz CT molecular complexity index is 404. The number of rotatable bonds is 1. The molecule has 0 aliphatic carbocycles. The molecule has 0 radical (unpaired) electrons. The van der Waals surface area contributed by atoms with Crippen molar-refractivity contribution in [1.82, 2.24) is 4.98 Å². The SMILES string of the molecule is CC1(c2cccc(N)n2)COCC(N)=N1. The van der Waals surface area contributed by atoms with E-state index in [1.807, 2.05) is 19.1 Å². The predicted molar refractivity (Wildman–Crippen MR) is 58.4 cm³/mol. The molecular weight excluding hydrogens is 192 g/mol. The summed E-state index contributed by atoms with van der Waals surface area (Å²) in [5, 5.41) is 0. The van der Waals surface area contributed by atoms with Crippen LogP contribution in [0, 0.1) is 0 Å². The van der Waals surface area contributed by atoms with Crippen molar-refractivity contribution in [2.24, 2.45) is 10.7 Å². The highest BCUT2D eigenvalue weighted by atomic mass is 16.5. The number of amidine groups is 1. The minimum Gasteiger partial charge on any atom is -0.386 e. The smallest absolute Gasteiger partial charge is 0.125 e. The number of hydrogen-bond donors (Lipinski definition) is 2. The molecule has 1 aromatic heterocycles. The summed E-state index contributed by atoms with van der Waals surface area (Å²) < 4.78 is 5.36. The molecule has 0 saturated heterocycles. The van der Waals surface area contributed by atoms with Crippen molar-refractivity contribution < 1.29 is 4.74 Å². The molecule has 1 aliphatic heterocycles. The average molecular weight is 206 g/mol. The molecule has 15 heavy (non-hydrogen) atoms. The maximum atomic E-state index is 5.65. The van der Waals surface area contributed by atoms with E-state index >= 15 is 0 Å². The Balaban J connectivity index is 2.41. The van der Waals surface area contributed by atoms with Crippen LogP contribution in [0.3, 0.4) is 0 Å². The third kappa shape index (κ3) is 1.92. The van der Waals surface area contributed by atoms with Gasteiger partial charge in [-0.15, -0.1) is 0 Å². The van der Waals surface area contributed by atoms with E-state index in [0.717, 1.165) is 5.69 Å². The van der Waals surface area contributed by atoms with Gasteiger partial charge in [-0.25, -0.2) is 4.98 Å². The van der Waals surface area contributed by atoms with Crippen LogP contribution in [0.25, 0.3) is 0 Å². The number of aromatic nitrogens is 1. The molecule has 0 spiro atoms. The minimum atomic E-state index is -0.516. The van der Waals surface area contributed by atoms with Crippen molar-refractivity contribution in [1.29, 1.82) is 0 Å². The van der Waals surface area contributed by atoms with Crippen LogP contribution in [-0.2, 0) is 10.3 Å². The Kier molecular flexibility index (Phi) is 2.32. The van der Waals surface area contributed by atoms with Crippen LogP contribution in [0.1, 0.15) is 12.6 Å². The molecule has 0 aromatic carbocycles. The van der Waals surface area contributed by atoms with Gasteiger partial charge in [-0.1, -0.05) is 6.07 Å². The molecule has 1 atom stereocenters. The van der Waals surface area contributed by atoms with Crippen LogP contribution in [0.5, 0.6) is 0 Å². The summed E-state index contributed by atoms with van der Waals surface area (Å²) in [5.74, 6) is 0.973. The lowest BCUT2D eigenvalue weighted by Gasteiger charge is -2.29. The largest absolute Gasteiger partial charge is 0.386 e. The summed E-state index contributed by atoms with van der Waals surface area (Å²) in [6, 6.07) is 5.47. The average Bonchev–Trinajstić information content (AvgIpc) is 2.17. The zero-order chi connectivity index (χ0) is 10.9. The molecule has 4 N–H and O–H groups in total. The molecule has 1 aliphatic rings. The van der Waals surface area contributed by atoms with Gasteiger partial charge in [-0.2, -0.15) is 0 Å². The number of aliphatic imine (C=N–C) groups is 1. The maximum absolute atomic E-state index is 5.65. The fourth-order valence-corrected chi connectivity index (χ4v) is 1.62. The first kappa shape index (κ1) is 9.92. The number of ether oxygens (including phenoxy) is 1. The molecule has 2 heterocycles. The van der Waals surface area contributed by atoms with Gasteiger partial charge >= 0.3 is 0 Å². The minimum absolute atomic E-state index is 0.387. The second-order valence-electron chi connectivity index (χ2n) is 3.82. The number of nitrogen functional groups attached to an aromatic ring is 1.